The molecule has 0 spiro atoms. The van der Waals surface area contributed by atoms with E-state index in [0.29, 0.717) is 64.4 Å². The van der Waals surface area contributed by atoms with Gasteiger partial charge in [0, 0.05) is 30.2 Å². The molecule has 7 nitrogen and oxygen atoms in total. The molecule has 0 unspecified atom stereocenters. The molecule has 0 saturated heterocycles. The maximum Gasteiger partial charge on any atom is 0.259 e. The van der Waals surface area contributed by atoms with E-state index in [4.69, 9.17) is 25.6 Å². The lowest BCUT2D eigenvalue weighted by Crippen LogP contribution is -2.14. The molecule has 3 heterocycles. The van der Waals surface area contributed by atoms with Gasteiger partial charge in [-0.1, -0.05) is 30.1 Å². The fraction of sp³-hybridized carbons (Fsp3) is 0.409. The fourth-order valence-corrected chi connectivity index (χ4v) is 3.87. The van der Waals surface area contributed by atoms with Gasteiger partial charge in [0.15, 0.2) is 11.5 Å². The molecule has 1 aromatic carbocycles. The topological polar surface area (TPSA) is 86.5 Å². The number of nitrogens with zero attached hydrogens (tertiary/aromatic N) is 2. The molecular weight excluding hydrogens is 406 g/mol. The van der Waals surface area contributed by atoms with Crippen molar-refractivity contribution < 1.29 is 18.8 Å². The lowest BCUT2D eigenvalue weighted by Gasteiger charge is -2.13. The molecule has 8 heteroatoms. The molecule has 0 atom stereocenters. The van der Waals surface area contributed by atoms with E-state index in [2.05, 4.69) is 22.4 Å². The molecule has 2 aromatic heterocycles. The summed E-state index contributed by atoms with van der Waals surface area (Å²) in [6.45, 7) is 3.18. The monoisotopic (exact) mass is 427 g/mol. The lowest BCUT2D eigenvalue weighted by atomic mass is 10.0. The van der Waals surface area contributed by atoms with Gasteiger partial charge in [-0.2, -0.15) is 0 Å². The van der Waals surface area contributed by atoms with Crippen molar-refractivity contribution in [2.24, 2.45) is 0 Å². The largest absolute Gasteiger partial charge is 0.490 e. The van der Waals surface area contributed by atoms with Crippen LogP contribution in [0.2, 0.25) is 5.02 Å². The molecule has 5 rings (SSSR count). The maximum atomic E-state index is 13.3. The van der Waals surface area contributed by atoms with Crippen molar-refractivity contribution in [3.05, 3.63) is 40.2 Å². The highest BCUT2D eigenvalue weighted by Gasteiger charge is 2.29. The summed E-state index contributed by atoms with van der Waals surface area (Å²) < 4.78 is 16.9. The second-order valence-corrected chi connectivity index (χ2v) is 8.12. The minimum Gasteiger partial charge on any atom is -0.490 e. The summed E-state index contributed by atoms with van der Waals surface area (Å²) in [4.78, 5) is 17.9. The summed E-state index contributed by atoms with van der Waals surface area (Å²) >= 11 is 6.42. The van der Waals surface area contributed by atoms with Gasteiger partial charge in [0.25, 0.3) is 11.6 Å². The number of aryl methyl sites for hydroxylation is 1. The van der Waals surface area contributed by atoms with Crippen LogP contribution < -0.4 is 14.8 Å². The van der Waals surface area contributed by atoms with E-state index in [9.17, 15) is 4.79 Å². The third-order valence-electron chi connectivity index (χ3n) is 5.35. The second-order valence-electron chi connectivity index (χ2n) is 7.71. The normalized spacial score (nSPS) is 15.8. The van der Waals surface area contributed by atoms with E-state index in [1.54, 1.807) is 12.1 Å². The summed E-state index contributed by atoms with van der Waals surface area (Å²) in [5.74, 6) is 1.26. The number of benzene rings is 1. The van der Waals surface area contributed by atoms with Gasteiger partial charge in [-0.15, -0.1) is 0 Å². The Morgan fingerprint density at radius 1 is 1.20 bits per heavy atom. The van der Waals surface area contributed by atoms with Crippen LogP contribution in [0.4, 0.5) is 5.69 Å². The zero-order valence-corrected chi connectivity index (χ0v) is 17.4. The number of carbonyl (C=O) groups is 1. The number of halogens is 1. The lowest BCUT2D eigenvalue weighted by molar-refractivity contribution is 0.102. The van der Waals surface area contributed by atoms with Gasteiger partial charge in [-0.25, -0.2) is 4.98 Å². The van der Waals surface area contributed by atoms with Crippen molar-refractivity contribution in [1.29, 1.82) is 0 Å². The number of anilines is 1. The number of aromatic nitrogens is 2. The molecule has 1 N–H and O–H groups in total. The van der Waals surface area contributed by atoms with E-state index in [0.717, 1.165) is 37.1 Å². The van der Waals surface area contributed by atoms with Crippen molar-refractivity contribution in [2.75, 3.05) is 18.5 Å². The number of ether oxygens (including phenoxy) is 2. The van der Waals surface area contributed by atoms with Gasteiger partial charge in [0.1, 0.15) is 0 Å². The van der Waals surface area contributed by atoms with Gasteiger partial charge >= 0.3 is 0 Å². The molecule has 156 valence electrons. The van der Waals surface area contributed by atoms with E-state index in [-0.39, 0.29) is 5.91 Å². The number of nitrogens with one attached hydrogen (secondary N) is 1. The van der Waals surface area contributed by atoms with Crippen LogP contribution in [-0.4, -0.2) is 29.3 Å². The van der Waals surface area contributed by atoms with Gasteiger partial charge in [0.05, 0.1) is 40.6 Å². The first-order chi connectivity index (χ1) is 14.6. The highest BCUT2D eigenvalue weighted by atomic mass is 35.5. The van der Waals surface area contributed by atoms with Gasteiger partial charge in [0.2, 0.25) is 0 Å². The number of pyridine rings is 1. The predicted molar refractivity (Wildman–Crippen MR) is 113 cm³/mol. The standard InChI is InChI=1S/C22H22ClN3O4/c1-2-4-15-20-13(9-16(12-5-6-12)25-22(20)30-26-15)21(27)24-17-11-19-18(10-14(17)23)28-7-3-8-29-19/h9-12H,2-8H2,1H3,(H,24,27). The van der Waals surface area contributed by atoms with Crippen LogP contribution in [0.15, 0.2) is 22.7 Å². The minimum absolute atomic E-state index is 0.277. The first kappa shape index (κ1) is 19.2. The quantitative estimate of drug-likeness (QED) is 0.608. The van der Waals surface area contributed by atoms with Crippen LogP contribution in [0.1, 0.15) is 60.3 Å². The highest BCUT2D eigenvalue weighted by Crippen LogP contribution is 2.41. The SMILES string of the molecule is CCCc1noc2nc(C3CC3)cc(C(=O)Nc3cc4c(cc3Cl)OCCCO4)c12. The minimum atomic E-state index is -0.277. The summed E-state index contributed by atoms with van der Waals surface area (Å²) in [7, 11) is 0. The summed E-state index contributed by atoms with van der Waals surface area (Å²) in [5, 5.41) is 8.15. The Labute approximate surface area is 178 Å². The van der Waals surface area contributed by atoms with Crippen molar-refractivity contribution in [3.8, 4) is 11.5 Å². The number of hydrogen-bond donors (Lipinski definition) is 1. The van der Waals surface area contributed by atoms with Crippen molar-refractivity contribution in [1.82, 2.24) is 10.1 Å². The average Bonchev–Trinajstić information content (AvgIpc) is 3.54. The third-order valence-corrected chi connectivity index (χ3v) is 5.66. The molecule has 1 aliphatic carbocycles. The van der Waals surface area contributed by atoms with Crippen LogP contribution in [0.5, 0.6) is 11.5 Å². The van der Waals surface area contributed by atoms with Crippen LogP contribution in [0, 0.1) is 0 Å². The number of amides is 1. The molecule has 0 bridgehead atoms. The van der Waals surface area contributed by atoms with Gasteiger partial charge < -0.3 is 19.3 Å². The second kappa shape index (κ2) is 7.80. The molecule has 2 aliphatic rings. The molecule has 1 fully saturated rings. The number of hydrogen-bond acceptors (Lipinski definition) is 6. The molecule has 1 aliphatic heterocycles. The average molecular weight is 428 g/mol. The first-order valence-electron chi connectivity index (χ1n) is 10.3. The molecule has 0 radical (unpaired) electrons. The van der Waals surface area contributed by atoms with Crippen LogP contribution in [-0.2, 0) is 6.42 Å². The Morgan fingerprint density at radius 2 is 1.97 bits per heavy atom. The Kier molecular flexibility index (Phi) is 4.98. The number of carbonyl (C=O) groups excluding carboxylic acids is 1. The summed E-state index contributed by atoms with van der Waals surface area (Å²) in [6, 6.07) is 5.25. The zero-order valence-electron chi connectivity index (χ0n) is 16.7. The Morgan fingerprint density at radius 3 is 2.70 bits per heavy atom. The number of fused-ring (bicyclic) bond motifs is 2. The van der Waals surface area contributed by atoms with E-state index in [1.807, 2.05) is 6.07 Å². The highest BCUT2D eigenvalue weighted by molar-refractivity contribution is 6.34. The van der Waals surface area contributed by atoms with Crippen LogP contribution in [0.25, 0.3) is 11.1 Å². The Hall–Kier alpha value is -2.80. The molecule has 30 heavy (non-hydrogen) atoms. The number of rotatable bonds is 5. The molecule has 1 amide bonds. The summed E-state index contributed by atoms with van der Waals surface area (Å²) in [5.41, 5.74) is 3.01. The first-order valence-corrected chi connectivity index (χ1v) is 10.7. The molecule has 3 aromatic rings. The predicted octanol–water partition coefficient (Wildman–Crippen LogP) is 5.12. The Bertz CT molecular complexity index is 1120. The van der Waals surface area contributed by atoms with Gasteiger partial charge in [-0.3, -0.25) is 4.79 Å². The molecular formula is C22H22ClN3O4. The summed E-state index contributed by atoms with van der Waals surface area (Å²) in [6.07, 6.45) is 4.54. The van der Waals surface area contributed by atoms with E-state index in [1.165, 1.54) is 0 Å². The zero-order chi connectivity index (χ0) is 20.7. The third kappa shape index (κ3) is 3.58. The smallest absolute Gasteiger partial charge is 0.259 e. The van der Waals surface area contributed by atoms with E-state index >= 15 is 0 Å². The Balaban J connectivity index is 1.53. The fourth-order valence-electron chi connectivity index (χ4n) is 3.67. The van der Waals surface area contributed by atoms with Crippen LogP contribution >= 0.6 is 11.6 Å². The van der Waals surface area contributed by atoms with Crippen molar-refractivity contribution in [3.63, 3.8) is 0 Å². The van der Waals surface area contributed by atoms with Crippen molar-refractivity contribution in [2.45, 2.75) is 44.9 Å². The van der Waals surface area contributed by atoms with Gasteiger partial charge in [-0.05, 0) is 25.3 Å². The van der Waals surface area contributed by atoms with Crippen LogP contribution in [0.3, 0.4) is 0 Å². The van der Waals surface area contributed by atoms with E-state index < -0.39 is 0 Å². The molecule has 1 saturated carbocycles. The van der Waals surface area contributed by atoms with Crippen molar-refractivity contribution >= 4 is 34.3 Å². The maximum absolute atomic E-state index is 13.3.